The molecule has 0 saturated heterocycles. The van der Waals surface area contributed by atoms with Crippen LogP contribution in [0.4, 0.5) is 4.79 Å². The first-order chi connectivity index (χ1) is 18.2. The van der Waals surface area contributed by atoms with Gasteiger partial charge in [-0.3, -0.25) is 9.59 Å². The summed E-state index contributed by atoms with van der Waals surface area (Å²) in [4.78, 5) is 42.3. The van der Waals surface area contributed by atoms with Crippen LogP contribution in [-0.2, 0) is 14.3 Å². The zero-order valence-electron chi connectivity index (χ0n) is 25.7. The predicted octanol–water partition coefficient (Wildman–Crippen LogP) is 6.39. The predicted molar refractivity (Wildman–Crippen MR) is 157 cm³/mol. The highest BCUT2D eigenvalue weighted by molar-refractivity contribution is 5.92. The molecule has 3 unspecified atom stereocenters. The van der Waals surface area contributed by atoms with Crippen molar-refractivity contribution in [1.82, 2.24) is 15.5 Å². The normalized spacial score (nSPS) is 13.9. The van der Waals surface area contributed by atoms with E-state index in [-0.39, 0.29) is 29.5 Å². The fourth-order valence-electron chi connectivity index (χ4n) is 4.53. The third kappa shape index (κ3) is 11.9. The molecule has 1 aromatic rings. The lowest BCUT2D eigenvalue weighted by Gasteiger charge is -2.36. The van der Waals surface area contributed by atoms with E-state index in [9.17, 15) is 19.5 Å². The molecule has 0 aromatic heterocycles. The Morgan fingerprint density at radius 3 is 2.15 bits per heavy atom. The minimum atomic E-state index is -0.913. The van der Waals surface area contributed by atoms with Crippen molar-refractivity contribution in [2.75, 3.05) is 6.54 Å². The maximum Gasteiger partial charge on any atom is 0.408 e. The summed E-state index contributed by atoms with van der Waals surface area (Å²) in [6, 6.07) is 3.16. The molecule has 8 heteroatoms. The molecule has 222 valence electrons. The second-order valence-electron chi connectivity index (χ2n) is 12.0. The second kappa shape index (κ2) is 16.4. The molecule has 0 aliphatic carbocycles. The van der Waals surface area contributed by atoms with Crippen molar-refractivity contribution in [3.8, 4) is 5.75 Å². The number of unbranched alkanes of at least 4 members (excludes halogenated alkanes) is 4. The molecular formula is C31H53N3O5. The van der Waals surface area contributed by atoms with Gasteiger partial charge < -0.3 is 25.4 Å². The number of aromatic hydroxyl groups is 1. The Kier molecular flexibility index (Phi) is 14.4. The van der Waals surface area contributed by atoms with E-state index >= 15 is 0 Å². The highest BCUT2D eigenvalue weighted by atomic mass is 16.6. The molecule has 0 spiro atoms. The van der Waals surface area contributed by atoms with Crippen molar-refractivity contribution in [3.05, 3.63) is 29.3 Å². The van der Waals surface area contributed by atoms with Gasteiger partial charge in [0.1, 0.15) is 23.4 Å². The summed E-state index contributed by atoms with van der Waals surface area (Å²) in [6.07, 6.45) is 5.98. The molecule has 3 amide bonds. The number of hydrogen-bond acceptors (Lipinski definition) is 5. The number of phenols is 1. The van der Waals surface area contributed by atoms with E-state index in [0.717, 1.165) is 44.9 Å². The number of alkyl carbamates (subject to hydrolysis) is 1. The molecule has 0 fully saturated rings. The number of aryl methyl sites for hydroxylation is 1. The molecule has 1 rings (SSSR count). The van der Waals surface area contributed by atoms with Gasteiger partial charge in [-0.25, -0.2) is 4.79 Å². The van der Waals surface area contributed by atoms with Gasteiger partial charge in [-0.05, 0) is 76.6 Å². The third-order valence-electron chi connectivity index (χ3n) is 6.60. The first kappa shape index (κ1) is 34.3. The number of hydrogen-bond donors (Lipinski definition) is 3. The van der Waals surface area contributed by atoms with Crippen LogP contribution in [0.3, 0.4) is 0 Å². The Morgan fingerprint density at radius 1 is 0.974 bits per heavy atom. The fraction of sp³-hybridized carbons (Fsp3) is 0.710. The summed E-state index contributed by atoms with van der Waals surface area (Å²) in [6.45, 7) is 17.3. The lowest BCUT2D eigenvalue weighted by molar-refractivity contribution is -0.143. The number of phenolic OH excluding ortho intramolecular Hbond substituents is 1. The van der Waals surface area contributed by atoms with Crippen molar-refractivity contribution in [1.29, 1.82) is 0 Å². The Bertz CT molecular complexity index is 925. The number of carbonyl (C=O) groups is 3. The summed E-state index contributed by atoms with van der Waals surface area (Å²) < 4.78 is 5.45. The van der Waals surface area contributed by atoms with Crippen LogP contribution in [0.1, 0.15) is 118 Å². The average molecular weight is 548 g/mol. The van der Waals surface area contributed by atoms with Gasteiger partial charge in [0.25, 0.3) is 0 Å². The maximum absolute atomic E-state index is 14.2. The minimum Gasteiger partial charge on any atom is -0.508 e. The summed E-state index contributed by atoms with van der Waals surface area (Å²) >= 11 is 0. The van der Waals surface area contributed by atoms with E-state index in [4.69, 9.17) is 4.74 Å². The second-order valence-corrected chi connectivity index (χ2v) is 12.0. The molecule has 0 heterocycles. The van der Waals surface area contributed by atoms with Gasteiger partial charge in [0.2, 0.25) is 11.8 Å². The van der Waals surface area contributed by atoms with Crippen molar-refractivity contribution in [2.45, 2.75) is 131 Å². The number of benzene rings is 1. The standard InChI is InChI=1S/C31H53N3O5/c1-10-12-13-14-15-19-34(29(37)26(21(3)4)33-30(38)39-31(7,8)9)27(28(36)32-23(6)16-11-2)24-17-18-25(35)22(5)20-24/h17-18,20-21,23,26-27,35H,10-16,19H2,1-9H3,(H,32,36)(H,33,38). The van der Waals surface area contributed by atoms with Gasteiger partial charge in [0.05, 0.1) is 0 Å². The Balaban J connectivity index is 3.51. The van der Waals surface area contributed by atoms with Crippen LogP contribution in [0.5, 0.6) is 5.75 Å². The molecule has 1 aromatic carbocycles. The molecule has 3 N–H and O–H groups in total. The van der Waals surface area contributed by atoms with Gasteiger partial charge in [0.15, 0.2) is 0 Å². The summed E-state index contributed by atoms with van der Waals surface area (Å²) in [5.74, 6) is -0.721. The number of ether oxygens (including phenoxy) is 1. The van der Waals surface area contributed by atoms with E-state index in [1.807, 2.05) is 20.8 Å². The van der Waals surface area contributed by atoms with Crippen molar-refractivity contribution < 1.29 is 24.2 Å². The molecule has 0 radical (unpaired) electrons. The van der Waals surface area contributed by atoms with Gasteiger partial charge in [-0.1, -0.05) is 65.9 Å². The molecule has 8 nitrogen and oxygen atoms in total. The number of carbonyl (C=O) groups excluding carboxylic acids is 3. The number of nitrogens with one attached hydrogen (secondary N) is 2. The van der Waals surface area contributed by atoms with E-state index < -0.39 is 23.8 Å². The van der Waals surface area contributed by atoms with Crippen molar-refractivity contribution in [3.63, 3.8) is 0 Å². The minimum absolute atomic E-state index is 0.0643. The van der Waals surface area contributed by atoms with E-state index in [0.29, 0.717) is 17.7 Å². The van der Waals surface area contributed by atoms with Crippen molar-refractivity contribution in [2.24, 2.45) is 5.92 Å². The lowest BCUT2D eigenvalue weighted by Crippen LogP contribution is -2.55. The third-order valence-corrected chi connectivity index (χ3v) is 6.60. The lowest BCUT2D eigenvalue weighted by atomic mass is 9.97. The van der Waals surface area contributed by atoms with Crippen molar-refractivity contribution >= 4 is 17.9 Å². The van der Waals surface area contributed by atoms with E-state index in [1.54, 1.807) is 50.8 Å². The van der Waals surface area contributed by atoms with Gasteiger partial charge in [-0.15, -0.1) is 0 Å². The van der Waals surface area contributed by atoms with Gasteiger partial charge >= 0.3 is 6.09 Å². The number of rotatable bonds is 15. The summed E-state index contributed by atoms with van der Waals surface area (Å²) in [5, 5.41) is 16.0. The molecular weight excluding hydrogens is 494 g/mol. The zero-order chi connectivity index (χ0) is 29.8. The molecule has 3 atom stereocenters. The van der Waals surface area contributed by atoms with Crippen LogP contribution in [0.25, 0.3) is 0 Å². The smallest absolute Gasteiger partial charge is 0.408 e. The van der Waals surface area contributed by atoms with Crippen LogP contribution in [0.2, 0.25) is 0 Å². The Hall–Kier alpha value is -2.77. The van der Waals surface area contributed by atoms with Crippen LogP contribution >= 0.6 is 0 Å². The summed E-state index contributed by atoms with van der Waals surface area (Å²) in [5.41, 5.74) is 0.525. The van der Waals surface area contributed by atoms with Gasteiger partial charge in [-0.2, -0.15) is 0 Å². The molecule has 0 saturated carbocycles. The van der Waals surface area contributed by atoms with Crippen LogP contribution in [0, 0.1) is 12.8 Å². The SMILES string of the molecule is CCCCCCCN(C(=O)C(NC(=O)OC(C)(C)C)C(C)C)C(C(=O)NC(C)CCC)c1ccc(O)c(C)c1. The fourth-order valence-corrected chi connectivity index (χ4v) is 4.53. The first-order valence-corrected chi connectivity index (χ1v) is 14.6. The largest absolute Gasteiger partial charge is 0.508 e. The summed E-state index contributed by atoms with van der Waals surface area (Å²) in [7, 11) is 0. The average Bonchev–Trinajstić information content (AvgIpc) is 2.82. The number of nitrogens with zero attached hydrogens (tertiary/aromatic N) is 1. The van der Waals surface area contributed by atoms with Crippen LogP contribution < -0.4 is 10.6 Å². The highest BCUT2D eigenvalue weighted by Crippen LogP contribution is 2.28. The monoisotopic (exact) mass is 547 g/mol. The molecule has 39 heavy (non-hydrogen) atoms. The Morgan fingerprint density at radius 2 is 1.62 bits per heavy atom. The van der Waals surface area contributed by atoms with E-state index in [1.165, 1.54) is 0 Å². The molecule has 0 aliphatic heterocycles. The molecule has 0 aliphatic rings. The zero-order valence-corrected chi connectivity index (χ0v) is 25.7. The molecule has 0 bridgehead atoms. The first-order valence-electron chi connectivity index (χ1n) is 14.6. The van der Waals surface area contributed by atoms with E-state index in [2.05, 4.69) is 24.5 Å². The quantitative estimate of drug-likeness (QED) is 0.220. The highest BCUT2D eigenvalue weighted by Gasteiger charge is 2.37. The Labute approximate surface area is 236 Å². The van der Waals surface area contributed by atoms with Gasteiger partial charge in [0, 0.05) is 12.6 Å². The topological polar surface area (TPSA) is 108 Å². The van der Waals surface area contributed by atoms with Crippen LogP contribution in [-0.4, -0.2) is 52.1 Å². The number of amides is 3. The maximum atomic E-state index is 14.2. The van der Waals surface area contributed by atoms with Crippen LogP contribution in [0.15, 0.2) is 18.2 Å².